The van der Waals surface area contributed by atoms with E-state index in [1.807, 2.05) is 19.2 Å². The van der Waals surface area contributed by atoms with Crippen LogP contribution in [0, 0.1) is 12.7 Å². The van der Waals surface area contributed by atoms with Gasteiger partial charge < -0.3 is 21.1 Å². The van der Waals surface area contributed by atoms with E-state index < -0.39 is 17.8 Å². The third-order valence-corrected chi connectivity index (χ3v) is 6.07. The number of nitrogens with one attached hydrogen (secondary N) is 2. The van der Waals surface area contributed by atoms with Gasteiger partial charge in [0.1, 0.15) is 11.3 Å². The van der Waals surface area contributed by atoms with Crippen LogP contribution in [0.3, 0.4) is 0 Å². The van der Waals surface area contributed by atoms with Crippen LogP contribution in [0.25, 0.3) is 27.3 Å². The Hall–Kier alpha value is -4.46. The Labute approximate surface area is 207 Å². The Bertz CT molecular complexity index is 1630. The fraction of sp³-hybridized carbons (Fsp3) is 0.227. The van der Waals surface area contributed by atoms with Crippen LogP contribution in [-0.2, 0) is 4.79 Å². The lowest BCUT2D eigenvalue weighted by molar-refractivity contribution is -0.136. The first-order valence-electron chi connectivity index (χ1n) is 10.8. The Morgan fingerprint density at radius 2 is 2.08 bits per heavy atom. The monoisotopic (exact) mass is 511 g/mol. The van der Waals surface area contributed by atoms with E-state index in [9.17, 15) is 14.0 Å². The zero-order chi connectivity index (χ0) is 26.0. The second kappa shape index (κ2) is 10.0. The van der Waals surface area contributed by atoms with Crippen LogP contribution >= 0.6 is 11.3 Å². The number of aromatic nitrogens is 7. The quantitative estimate of drug-likeness (QED) is 0.274. The van der Waals surface area contributed by atoms with Gasteiger partial charge in [0.05, 0.1) is 29.8 Å². The van der Waals surface area contributed by atoms with Crippen LogP contribution in [0.15, 0.2) is 35.0 Å². The Morgan fingerprint density at radius 3 is 2.78 bits per heavy atom. The number of nitrogens with zero attached hydrogens (tertiary/aromatic N) is 6. The number of carbonyl (C=O) groups is 1. The third kappa shape index (κ3) is 4.84. The summed E-state index contributed by atoms with van der Waals surface area (Å²) in [7, 11) is 0. The molecule has 5 N–H and O–H groups in total. The first-order chi connectivity index (χ1) is 17.2. The molecule has 0 spiro atoms. The van der Waals surface area contributed by atoms with Crippen molar-refractivity contribution in [2.45, 2.75) is 33.2 Å². The number of thiazole rings is 1. The number of aliphatic carboxylic acids is 1. The van der Waals surface area contributed by atoms with E-state index in [0.29, 0.717) is 33.2 Å². The fourth-order valence-electron chi connectivity index (χ4n) is 3.46. The van der Waals surface area contributed by atoms with Crippen molar-refractivity contribution < 1.29 is 14.3 Å². The van der Waals surface area contributed by atoms with E-state index in [2.05, 4.69) is 30.2 Å². The van der Waals surface area contributed by atoms with Crippen LogP contribution < -0.4 is 16.6 Å². The summed E-state index contributed by atoms with van der Waals surface area (Å²) < 4.78 is 15.4. The highest BCUT2D eigenvalue weighted by Gasteiger charge is 2.23. The van der Waals surface area contributed by atoms with Gasteiger partial charge in [-0.05, 0) is 19.9 Å². The molecule has 186 valence electrons. The van der Waals surface area contributed by atoms with Crippen molar-refractivity contribution in [1.82, 2.24) is 34.3 Å². The number of imidazole rings is 1. The minimum absolute atomic E-state index is 0.0567. The molecule has 5 aromatic rings. The van der Waals surface area contributed by atoms with E-state index in [1.165, 1.54) is 34.3 Å². The first kappa shape index (κ1) is 24.7. The van der Waals surface area contributed by atoms with Gasteiger partial charge in [0.2, 0.25) is 5.95 Å². The average molecular weight is 512 g/mol. The summed E-state index contributed by atoms with van der Waals surface area (Å²) in [4.78, 5) is 47.3. The van der Waals surface area contributed by atoms with Crippen molar-refractivity contribution in [3.8, 4) is 11.1 Å². The fourth-order valence-corrected chi connectivity index (χ4v) is 4.32. The van der Waals surface area contributed by atoms with E-state index in [1.54, 1.807) is 6.92 Å². The zero-order valence-electron chi connectivity index (χ0n) is 19.5. The van der Waals surface area contributed by atoms with Gasteiger partial charge in [0.25, 0.3) is 5.56 Å². The number of carboxylic acid groups (broad SMARTS) is 1. The third-order valence-electron chi connectivity index (χ3n) is 5.13. The first-order valence-corrected chi connectivity index (χ1v) is 11.6. The predicted molar refractivity (Wildman–Crippen MR) is 133 cm³/mol. The van der Waals surface area contributed by atoms with Gasteiger partial charge in [-0.3, -0.25) is 19.0 Å². The SMILES string of the molecule is CCC(=O)O.Cc1csc2nc(C(C)Nc3nc(N)nc4nc[nH]c34)c(-c3cncc(F)c3)c(=O)n12. The molecule has 0 bridgehead atoms. The summed E-state index contributed by atoms with van der Waals surface area (Å²) in [6.07, 6.45) is 4.24. The van der Waals surface area contributed by atoms with Gasteiger partial charge in [0, 0.05) is 29.3 Å². The molecule has 0 fully saturated rings. The maximum atomic E-state index is 13.9. The number of rotatable bonds is 5. The van der Waals surface area contributed by atoms with Crippen molar-refractivity contribution >= 4 is 45.2 Å². The Kier molecular flexibility index (Phi) is 6.87. The molecule has 0 aliphatic rings. The molecule has 5 heterocycles. The molecule has 12 nitrogen and oxygen atoms in total. The van der Waals surface area contributed by atoms with Gasteiger partial charge in [-0.15, -0.1) is 11.3 Å². The molecule has 14 heteroatoms. The van der Waals surface area contributed by atoms with E-state index in [0.717, 1.165) is 11.9 Å². The number of H-pyrrole nitrogens is 1. The lowest BCUT2D eigenvalue weighted by Gasteiger charge is -2.18. The predicted octanol–water partition coefficient (Wildman–Crippen LogP) is 3.17. The average Bonchev–Trinajstić information content (AvgIpc) is 3.46. The minimum atomic E-state index is -0.745. The molecule has 5 rings (SSSR count). The molecule has 0 aliphatic carbocycles. The van der Waals surface area contributed by atoms with Crippen molar-refractivity contribution in [2.24, 2.45) is 0 Å². The van der Waals surface area contributed by atoms with E-state index in [4.69, 9.17) is 15.8 Å². The van der Waals surface area contributed by atoms with Crippen LogP contribution in [-0.4, -0.2) is 45.4 Å². The number of aryl methyl sites for hydroxylation is 1. The Balaban J connectivity index is 0.000000556. The van der Waals surface area contributed by atoms with Gasteiger partial charge in [-0.25, -0.2) is 14.4 Å². The summed E-state index contributed by atoms with van der Waals surface area (Å²) in [5, 5.41) is 12.8. The Morgan fingerprint density at radius 1 is 1.33 bits per heavy atom. The van der Waals surface area contributed by atoms with E-state index in [-0.39, 0.29) is 23.5 Å². The second-order valence-corrected chi connectivity index (χ2v) is 8.55. The molecule has 0 saturated carbocycles. The van der Waals surface area contributed by atoms with Gasteiger partial charge in [-0.2, -0.15) is 9.97 Å². The summed E-state index contributed by atoms with van der Waals surface area (Å²) in [6, 6.07) is 0.782. The number of pyridine rings is 1. The normalized spacial score (nSPS) is 11.8. The van der Waals surface area contributed by atoms with E-state index >= 15 is 0 Å². The molecular weight excluding hydrogens is 489 g/mol. The molecule has 0 radical (unpaired) electrons. The van der Waals surface area contributed by atoms with Crippen LogP contribution in [0.2, 0.25) is 0 Å². The molecule has 1 unspecified atom stereocenters. The van der Waals surface area contributed by atoms with Crippen molar-refractivity contribution in [1.29, 1.82) is 0 Å². The number of nitrogen functional groups attached to an aromatic ring is 1. The molecular formula is C22H22FN9O3S. The minimum Gasteiger partial charge on any atom is -0.481 e. The number of carboxylic acids is 1. The highest BCUT2D eigenvalue weighted by Crippen LogP contribution is 2.29. The standard InChI is InChI=1S/C19H16FN9OS.C3H6O2/c1-8-6-31-19-26-13(12(17(30)29(8)19)10-3-11(20)5-22-4-10)9(2)25-16-14-15(24-7-23-14)27-18(21)28-16;1-2-3(4)5/h3-7,9H,1-2H3,(H4,21,23,24,25,27,28);2H2,1H3,(H,4,5). The number of halogens is 1. The summed E-state index contributed by atoms with van der Waals surface area (Å²) in [5.74, 6) is -0.815. The molecule has 0 aromatic carbocycles. The lowest BCUT2D eigenvalue weighted by atomic mass is 10.0. The maximum Gasteiger partial charge on any atom is 0.303 e. The van der Waals surface area contributed by atoms with Gasteiger partial charge >= 0.3 is 5.97 Å². The number of hydrogen-bond donors (Lipinski definition) is 4. The molecule has 0 aliphatic heterocycles. The van der Waals surface area contributed by atoms with Crippen LogP contribution in [0.4, 0.5) is 16.2 Å². The second-order valence-electron chi connectivity index (χ2n) is 7.71. The maximum absolute atomic E-state index is 13.9. The number of anilines is 2. The molecule has 36 heavy (non-hydrogen) atoms. The molecule has 0 saturated heterocycles. The van der Waals surface area contributed by atoms with Gasteiger partial charge in [0.15, 0.2) is 16.4 Å². The number of nitrogens with two attached hydrogens (primary N) is 1. The van der Waals surface area contributed by atoms with Crippen LogP contribution in [0.1, 0.15) is 37.7 Å². The summed E-state index contributed by atoms with van der Waals surface area (Å²) in [6.45, 7) is 5.25. The van der Waals surface area contributed by atoms with Crippen molar-refractivity contribution in [2.75, 3.05) is 11.1 Å². The topological polar surface area (TPSA) is 177 Å². The molecule has 5 aromatic heterocycles. The number of aromatic amines is 1. The smallest absolute Gasteiger partial charge is 0.303 e. The zero-order valence-corrected chi connectivity index (χ0v) is 20.3. The van der Waals surface area contributed by atoms with Crippen molar-refractivity contribution in [3.05, 3.63) is 57.7 Å². The molecule has 1 atom stereocenters. The summed E-state index contributed by atoms with van der Waals surface area (Å²) >= 11 is 1.35. The highest BCUT2D eigenvalue weighted by molar-refractivity contribution is 7.15. The van der Waals surface area contributed by atoms with Crippen molar-refractivity contribution in [3.63, 3.8) is 0 Å². The molecule has 0 amide bonds. The van der Waals surface area contributed by atoms with Gasteiger partial charge in [-0.1, -0.05) is 6.92 Å². The van der Waals surface area contributed by atoms with Crippen LogP contribution in [0.5, 0.6) is 0 Å². The summed E-state index contributed by atoms with van der Waals surface area (Å²) in [5.41, 5.74) is 8.27. The highest BCUT2D eigenvalue weighted by atomic mass is 32.1. The number of hydrogen-bond acceptors (Lipinski definition) is 10. The lowest BCUT2D eigenvalue weighted by Crippen LogP contribution is -2.23. The number of fused-ring (bicyclic) bond motifs is 2. The largest absolute Gasteiger partial charge is 0.481 e.